The van der Waals surface area contributed by atoms with Gasteiger partial charge in [-0.2, -0.15) is 22.0 Å². The van der Waals surface area contributed by atoms with Gasteiger partial charge in [0.2, 0.25) is 11.7 Å². The minimum atomic E-state index is -4.96. The van der Waals surface area contributed by atoms with Crippen molar-refractivity contribution in [2.75, 3.05) is 6.54 Å². The van der Waals surface area contributed by atoms with E-state index in [1.807, 2.05) is 0 Å². The van der Waals surface area contributed by atoms with Crippen molar-refractivity contribution in [1.82, 2.24) is 10.6 Å². The van der Waals surface area contributed by atoms with Gasteiger partial charge in [-0.3, -0.25) is 14.4 Å². The maximum absolute atomic E-state index is 14.8. The molecule has 0 heterocycles. The molecule has 0 saturated heterocycles. The molecule has 2 rings (SSSR count). The molecule has 0 radical (unpaired) electrons. The first-order chi connectivity index (χ1) is 18.5. The SMILES string of the molecule is CC(C)[C@H](C(=O)C(F)(F)C(=O)NCC(F)(F)F)C(N)[C@H](Cc1ccccc1)NC(=O)/C=C/c1cc(Cl)cc(Cl)c1. The Balaban J connectivity index is 2.34. The quantitative estimate of drug-likeness (QED) is 0.175. The average Bonchev–Trinajstić information content (AvgIpc) is 2.85. The van der Waals surface area contributed by atoms with Crippen molar-refractivity contribution in [3.63, 3.8) is 0 Å². The fraction of sp³-hybridized carbons (Fsp3) is 0.370. The molecule has 0 aromatic heterocycles. The summed E-state index contributed by atoms with van der Waals surface area (Å²) in [7, 11) is 0. The van der Waals surface area contributed by atoms with E-state index in [-0.39, 0.29) is 6.42 Å². The maximum Gasteiger partial charge on any atom is 0.405 e. The van der Waals surface area contributed by atoms with Gasteiger partial charge in [-0.15, -0.1) is 0 Å². The molecular formula is C27H28Cl2F5N3O3. The standard InChI is InChI=1S/C27H28Cl2F5N3O3/c1-15(2)22(24(39)27(33,34)25(40)36-14-26(30,31)32)23(35)20(12-16-6-4-3-5-7-16)37-21(38)9-8-17-10-18(28)13-19(29)11-17/h3-11,13,15,20,22-23H,12,14,35H2,1-2H3,(H,36,40)(H,37,38)/b9-8+/t20-,22-,23?/m0/s1. The molecule has 2 aromatic carbocycles. The fourth-order valence-electron chi connectivity index (χ4n) is 4.01. The highest BCUT2D eigenvalue weighted by Crippen LogP contribution is 2.29. The molecule has 1 unspecified atom stereocenters. The van der Waals surface area contributed by atoms with Gasteiger partial charge in [0.1, 0.15) is 6.54 Å². The Labute approximate surface area is 238 Å². The molecule has 0 aliphatic heterocycles. The van der Waals surface area contributed by atoms with E-state index in [1.54, 1.807) is 42.5 Å². The summed E-state index contributed by atoms with van der Waals surface area (Å²) >= 11 is 11.9. The highest BCUT2D eigenvalue weighted by atomic mass is 35.5. The van der Waals surface area contributed by atoms with E-state index in [4.69, 9.17) is 28.9 Å². The van der Waals surface area contributed by atoms with Gasteiger partial charge < -0.3 is 16.4 Å². The number of hydrogen-bond donors (Lipinski definition) is 3. The summed E-state index contributed by atoms with van der Waals surface area (Å²) in [6.45, 7) is 0.761. The van der Waals surface area contributed by atoms with E-state index in [1.165, 1.54) is 26.0 Å². The van der Waals surface area contributed by atoms with Crippen molar-refractivity contribution >= 4 is 46.9 Å². The van der Waals surface area contributed by atoms with Gasteiger partial charge in [-0.25, -0.2) is 0 Å². The lowest BCUT2D eigenvalue weighted by molar-refractivity contribution is -0.167. The Kier molecular flexibility index (Phi) is 11.7. The number of Topliss-reactive ketones (excluding diaryl/α,β-unsaturated/α-hetero) is 1. The zero-order valence-corrected chi connectivity index (χ0v) is 23.0. The molecule has 218 valence electrons. The number of benzene rings is 2. The highest BCUT2D eigenvalue weighted by molar-refractivity contribution is 6.34. The van der Waals surface area contributed by atoms with Crippen molar-refractivity contribution in [3.8, 4) is 0 Å². The number of ketones is 1. The van der Waals surface area contributed by atoms with E-state index < -0.39 is 60.2 Å². The zero-order valence-electron chi connectivity index (χ0n) is 21.4. The summed E-state index contributed by atoms with van der Waals surface area (Å²) in [5.41, 5.74) is 7.46. The molecule has 0 spiro atoms. The van der Waals surface area contributed by atoms with E-state index in [2.05, 4.69) is 5.32 Å². The zero-order chi connectivity index (χ0) is 30.3. The number of amides is 2. The lowest BCUT2D eigenvalue weighted by atomic mass is 9.78. The summed E-state index contributed by atoms with van der Waals surface area (Å²) in [4.78, 5) is 37.6. The third kappa shape index (κ3) is 9.87. The van der Waals surface area contributed by atoms with Crippen LogP contribution in [0.5, 0.6) is 0 Å². The number of halogens is 7. The summed E-state index contributed by atoms with van der Waals surface area (Å²) in [6, 6.07) is 10.6. The van der Waals surface area contributed by atoms with Crippen molar-refractivity contribution in [2.24, 2.45) is 17.6 Å². The monoisotopic (exact) mass is 607 g/mol. The number of carbonyl (C=O) groups excluding carboxylic acids is 3. The second-order valence-corrected chi connectivity index (χ2v) is 10.3. The number of rotatable bonds is 12. The Hall–Kier alpha value is -3.02. The number of carbonyl (C=O) groups is 3. The van der Waals surface area contributed by atoms with Crippen LogP contribution in [0.3, 0.4) is 0 Å². The van der Waals surface area contributed by atoms with Crippen LogP contribution in [0.1, 0.15) is 25.0 Å². The first kappa shape index (κ1) is 33.2. The van der Waals surface area contributed by atoms with Crippen LogP contribution >= 0.6 is 23.2 Å². The third-order valence-electron chi connectivity index (χ3n) is 5.88. The second-order valence-electron chi connectivity index (χ2n) is 9.42. The number of nitrogens with one attached hydrogen (secondary N) is 2. The molecule has 0 bridgehead atoms. The van der Waals surface area contributed by atoms with E-state index in [0.29, 0.717) is 21.2 Å². The molecule has 0 fully saturated rings. The van der Waals surface area contributed by atoms with Gasteiger partial charge in [-0.05, 0) is 47.7 Å². The number of hydrogen-bond acceptors (Lipinski definition) is 4. The molecule has 3 atom stereocenters. The van der Waals surface area contributed by atoms with Crippen molar-refractivity contribution in [3.05, 3.63) is 75.8 Å². The molecule has 0 aliphatic carbocycles. The van der Waals surface area contributed by atoms with Crippen LogP contribution in [0.25, 0.3) is 6.08 Å². The van der Waals surface area contributed by atoms with Crippen LogP contribution in [0.15, 0.2) is 54.6 Å². The smallest absolute Gasteiger partial charge is 0.348 e. The Morgan fingerprint density at radius 1 is 0.975 bits per heavy atom. The summed E-state index contributed by atoms with van der Waals surface area (Å²) in [6.07, 6.45) is -2.40. The van der Waals surface area contributed by atoms with Gasteiger partial charge in [0, 0.05) is 34.1 Å². The van der Waals surface area contributed by atoms with Gasteiger partial charge in [0.05, 0.1) is 0 Å². The van der Waals surface area contributed by atoms with Crippen LogP contribution in [0, 0.1) is 11.8 Å². The van der Waals surface area contributed by atoms with Crippen molar-refractivity contribution in [1.29, 1.82) is 0 Å². The number of nitrogens with two attached hydrogens (primary N) is 1. The van der Waals surface area contributed by atoms with Gasteiger partial charge in [0.15, 0.2) is 0 Å². The Morgan fingerprint density at radius 3 is 2.08 bits per heavy atom. The van der Waals surface area contributed by atoms with Gasteiger partial charge in [0.25, 0.3) is 5.91 Å². The lowest BCUT2D eigenvalue weighted by Crippen LogP contribution is -2.59. The molecule has 40 heavy (non-hydrogen) atoms. The molecule has 2 amide bonds. The topological polar surface area (TPSA) is 101 Å². The average molecular weight is 608 g/mol. The highest BCUT2D eigenvalue weighted by Gasteiger charge is 2.53. The van der Waals surface area contributed by atoms with Crippen LogP contribution < -0.4 is 16.4 Å². The maximum atomic E-state index is 14.8. The van der Waals surface area contributed by atoms with Crippen LogP contribution in [0.4, 0.5) is 22.0 Å². The molecule has 2 aromatic rings. The minimum absolute atomic E-state index is 0.0208. The summed E-state index contributed by atoms with van der Waals surface area (Å²) in [5.74, 6) is -12.4. The Morgan fingerprint density at radius 2 is 1.55 bits per heavy atom. The van der Waals surface area contributed by atoms with Crippen LogP contribution in [-0.4, -0.2) is 48.3 Å². The predicted octanol–water partition coefficient (Wildman–Crippen LogP) is 5.22. The van der Waals surface area contributed by atoms with Crippen LogP contribution in [-0.2, 0) is 20.8 Å². The van der Waals surface area contributed by atoms with E-state index in [9.17, 15) is 36.3 Å². The molecule has 0 saturated carbocycles. The van der Waals surface area contributed by atoms with Crippen molar-refractivity contribution in [2.45, 2.75) is 44.5 Å². The summed E-state index contributed by atoms with van der Waals surface area (Å²) < 4.78 is 66.9. The minimum Gasteiger partial charge on any atom is -0.348 e. The molecule has 13 heteroatoms. The second kappa shape index (κ2) is 14.0. The molecule has 0 aliphatic rings. The van der Waals surface area contributed by atoms with Crippen LogP contribution in [0.2, 0.25) is 10.0 Å². The fourth-order valence-corrected chi connectivity index (χ4v) is 4.55. The number of alkyl halides is 5. The molecule has 6 nitrogen and oxygen atoms in total. The van der Waals surface area contributed by atoms with Crippen molar-refractivity contribution < 1.29 is 36.3 Å². The Bertz CT molecular complexity index is 1200. The summed E-state index contributed by atoms with van der Waals surface area (Å²) in [5, 5.41) is 4.32. The van der Waals surface area contributed by atoms with Gasteiger partial charge in [-0.1, -0.05) is 67.4 Å². The normalized spacial score (nSPS) is 14.6. The first-order valence-electron chi connectivity index (χ1n) is 12.0. The van der Waals surface area contributed by atoms with Gasteiger partial charge >= 0.3 is 12.1 Å². The third-order valence-corrected chi connectivity index (χ3v) is 6.32. The first-order valence-corrected chi connectivity index (χ1v) is 12.8. The largest absolute Gasteiger partial charge is 0.405 e. The lowest BCUT2D eigenvalue weighted by Gasteiger charge is -2.34. The molecule has 4 N–H and O–H groups in total. The molecular weight excluding hydrogens is 580 g/mol. The van der Waals surface area contributed by atoms with E-state index in [0.717, 1.165) is 11.4 Å². The van der Waals surface area contributed by atoms with E-state index >= 15 is 0 Å². The predicted molar refractivity (Wildman–Crippen MR) is 143 cm³/mol.